The molecule has 2 aromatic rings. The molecule has 0 unspecified atom stereocenters. The van der Waals surface area contributed by atoms with Crippen LogP contribution in [0, 0.1) is 0 Å². The Morgan fingerprint density at radius 3 is 2.67 bits per heavy atom. The highest BCUT2D eigenvalue weighted by Gasteiger charge is 2.53. The predicted molar refractivity (Wildman–Crippen MR) is 103 cm³/mol. The molecule has 2 N–H and O–H groups in total. The van der Waals surface area contributed by atoms with E-state index in [2.05, 4.69) is 4.98 Å². The number of benzene rings is 1. The molecule has 1 aromatic heterocycles. The minimum Gasteiger partial charge on any atom is -0.387 e. The number of piperidine rings is 1. The standard InChI is InChI=1S/C20H24N2O4S/c1-19(25)9-12-26-20(18(19)24)7-10-22(11-8-20)17(23)16-21-15(13-27-16)14-5-3-2-4-6-14/h2-6,13,18,24-25H,7-12H2,1H3/t18-,19+/m0/s1. The molecule has 2 saturated heterocycles. The summed E-state index contributed by atoms with van der Waals surface area (Å²) in [5, 5.41) is 23.4. The summed E-state index contributed by atoms with van der Waals surface area (Å²) in [6.07, 6.45) is 0.487. The zero-order valence-electron chi connectivity index (χ0n) is 15.3. The van der Waals surface area contributed by atoms with E-state index in [0.29, 0.717) is 44.0 Å². The van der Waals surface area contributed by atoms with Crippen LogP contribution in [0.5, 0.6) is 0 Å². The van der Waals surface area contributed by atoms with Crippen LogP contribution in [0.15, 0.2) is 35.7 Å². The van der Waals surface area contributed by atoms with Crippen molar-refractivity contribution in [3.8, 4) is 11.3 Å². The average molecular weight is 388 g/mol. The van der Waals surface area contributed by atoms with E-state index in [1.165, 1.54) is 11.3 Å². The molecule has 1 spiro atoms. The Hall–Kier alpha value is -1.80. The molecule has 0 aliphatic carbocycles. The van der Waals surface area contributed by atoms with Crippen LogP contribution < -0.4 is 0 Å². The molecule has 3 heterocycles. The van der Waals surface area contributed by atoms with Gasteiger partial charge in [-0.3, -0.25) is 4.79 Å². The number of rotatable bonds is 2. The van der Waals surface area contributed by atoms with Crippen molar-refractivity contribution in [1.29, 1.82) is 0 Å². The van der Waals surface area contributed by atoms with Gasteiger partial charge in [-0.1, -0.05) is 30.3 Å². The van der Waals surface area contributed by atoms with Gasteiger partial charge in [-0.15, -0.1) is 11.3 Å². The maximum atomic E-state index is 12.8. The summed E-state index contributed by atoms with van der Waals surface area (Å²) >= 11 is 1.35. The summed E-state index contributed by atoms with van der Waals surface area (Å²) in [5.74, 6) is -0.0888. The molecule has 0 bridgehead atoms. The third-order valence-corrected chi connectivity index (χ3v) is 6.57. The lowest BCUT2D eigenvalue weighted by molar-refractivity contribution is -0.244. The second kappa shape index (κ2) is 6.98. The highest BCUT2D eigenvalue weighted by atomic mass is 32.1. The summed E-state index contributed by atoms with van der Waals surface area (Å²) in [4.78, 5) is 19.1. The largest absolute Gasteiger partial charge is 0.387 e. The van der Waals surface area contributed by atoms with Crippen LogP contribution in [0.2, 0.25) is 0 Å². The third kappa shape index (κ3) is 3.40. The number of aromatic nitrogens is 1. The van der Waals surface area contributed by atoms with Gasteiger partial charge in [0.1, 0.15) is 11.7 Å². The first-order chi connectivity index (χ1) is 12.9. The smallest absolute Gasteiger partial charge is 0.282 e. The zero-order valence-corrected chi connectivity index (χ0v) is 16.1. The van der Waals surface area contributed by atoms with E-state index in [4.69, 9.17) is 4.74 Å². The number of nitrogens with zero attached hydrogens (tertiary/aromatic N) is 2. The number of ether oxygens (including phenoxy) is 1. The molecule has 4 rings (SSSR count). The van der Waals surface area contributed by atoms with Crippen molar-refractivity contribution in [2.75, 3.05) is 19.7 Å². The fourth-order valence-corrected chi connectivity index (χ4v) is 4.79. The molecular formula is C20H24N2O4S. The van der Waals surface area contributed by atoms with Crippen molar-refractivity contribution >= 4 is 17.2 Å². The Kier molecular flexibility index (Phi) is 4.80. The molecule has 1 amide bonds. The number of aliphatic hydroxyl groups excluding tert-OH is 1. The van der Waals surface area contributed by atoms with Crippen molar-refractivity contribution in [3.63, 3.8) is 0 Å². The van der Waals surface area contributed by atoms with Gasteiger partial charge in [0.25, 0.3) is 5.91 Å². The Morgan fingerprint density at radius 1 is 1.26 bits per heavy atom. The Balaban J connectivity index is 1.44. The molecule has 2 aliphatic rings. The van der Waals surface area contributed by atoms with Gasteiger partial charge in [-0.2, -0.15) is 0 Å². The first-order valence-electron chi connectivity index (χ1n) is 9.26. The van der Waals surface area contributed by atoms with Crippen LogP contribution in [0.3, 0.4) is 0 Å². The highest BCUT2D eigenvalue weighted by molar-refractivity contribution is 7.12. The molecule has 0 radical (unpaired) electrons. The average Bonchev–Trinajstić information content (AvgIpc) is 3.17. The topological polar surface area (TPSA) is 82.9 Å². The fraction of sp³-hybridized carbons (Fsp3) is 0.500. The van der Waals surface area contributed by atoms with E-state index in [1.54, 1.807) is 11.8 Å². The summed E-state index contributed by atoms with van der Waals surface area (Å²) < 4.78 is 5.89. The SMILES string of the molecule is C[C@@]1(O)CCOC2(CCN(C(=O)c3nc(-c4ccccc4)cs3)CC2)[C@H]1O. The first-order valence-corrected chi connectivity index (χ1v) is 10.1. The summed E-state index contributed by atoms with van der Waals surface area (Å²) in [5.41, 5.74) is -0.119. The van der Waals surface area contributed by atoms with Gasteiger partial charge in [-0.25, -0.2) is 4.98 Å². The number of aliphatic hydroxyl groups is 2. The van der Waals surface area contributed by atoms with Crippen molar-refractivity contribution in [2.45, 2.75) is 43.5 Å². The van der Waals surface area contributed by atoms with Gasteiger partial charge < -0.3 is 19.8 Å². The van der Waals surface area contributed by atoms with Gasteiger partial charge in [0.2, 0.25) is 0 Å². The maximum Gasteiger partial charge on any atom is 0.282 e. The molecule has 144 valence electrons. The van der Waals surface area contributed by atoms with Gasteiger partial charge >= 0.3 is 0 Å². The molecule has 1 aromatic carbocycles. The van der Waals surface area contributed by atoms with Crippen LogP contribution in [0.4, 0.5) is 0 Å². The Labute approximate surface area is 162 Å². The maximum absolute atomic E-state index is 12.8. The quantitative estimate of drug-likeness (QED) is 0.825. The number of hydrogen-bond acceptors (Lipinski definition) is 6. The molecule has 7 heteroatoms. The van der Waals surface area contributed by atoms with Crippen LogP contribution in [-0.2, 0) is 4.74 Å². The minimum absolute atomic E-state index is 0.0888. The van der Waals surface area contributed by atoms with E-state index >= 15 is 0 Å². The van der Waals surface area contributed by atoms with E-state index in [-0.39, 0.29) is 5.91 Å². The van der Waals surface area contributed by atoms with Crippen LogP contribution in [0.1, 0.15) is 36.0 Å². The summed E-state index contributed by atoms with van der Waals surface area (Å²) in [6, 6.07) is 9.79. The normalized spacial score (nSPS) is 27.7. The fourth-order valence-electron chi connectivity index (χ4n) is 4.00. The molecule has 27 heavy (non-hydrogen) atoms. The molecule has 6 nitrogen and oxygen atoms in total. The summed E-state index contributed by atoms with van der Waals surface area (Å²) in [7, 11) is 0. The monoisotopic (exact) mass is 388 g/mol. The van der Waals surface area contributed by atoms with E-state index in [0.717, 1.165) is 11.3 Å². The first kappa shape index (κ1) is 18.6. The van der Waals surface area contributed by atoms with Crippen molar-refractivity contribution in [3.05, 3.63) is 40.7 Å². The number of thiazole rings is 1. The minimum atomic E-state index is -1.15. The Morgan fingerprint density at radius 2 is 1.96 bits per heavy atom. The molecular weight excluding hydrogens is 364 g/mol. The van der Waals surface area contributed by atoms with E-state index in [9.17, 15) is 15.0 Å². The van der Waals surface area contributed by atoms with Crippen LogP contribution in [-0.4, -0.2) is 63.0 Å². The second-order valence-corrected chi connectivity index (χ2v) is 8.48. The van der Waals surface area contributed by atoms with E-state index in [1.807, 2.05) is 35.7 Å². The number of amides is 1. The summed E-state index contributed by atoms with van der Waals surface area (Å²) in [6.45, 7) is 3.03. The lowest BCUT2D eigenvalue weighted by Gasteiger charge is -2.51. The zero-order chi connectivity index (χ0) is 19.1. The molecule has 2 fully saturated rings. The van der Waals surface area contributed by atoms with E-state index < -0.39 is 17.3 Å². The van der Waals surface area contributed by atoms with Crippen LogP contribution in [0.25, 0.3) is 11.3 Å². The number of carbonyl (C=O) groups is 1. The number of carbonyl (C=O) groups excluding carboxylic acids is 1. The van der Waals surface area contributed by atoms with Crippen molar-refractivity contribution in [1.82, 2.24) is 9.88 Å². The second-order valence-electron chi connectivity index (χ2n) is 7.62. The van der Waals surface area contributed by atoms with Gasteiger partial charge in [0, 0.05) is 30.5 Å². The van der Waals surface area contributed by atoms with Crippen LogP contribution >= 0.6 is 11.3 Å². The highest BCUT2D eigenvalue weighted by Crippen LogP contribution is 2.40. The molecule has 2 atom stereocenters. The van der Waals surface area contributed by atoms with Gasteiger partial charge in [0.15, 0.2) is 5.01 Å². The van der Waals surface area contributed by atoms with Gasteiger partial charge in [0.05, 0.1) is 17.9 Å². The number of hydrogen-bond donors (Lipinski definition) is 2. The molecule has 2 aliphatic heterocycles. The third-order valence-electron chi connectivity index (χ3n) is 5.74. The number of likely N-dealkylation sites (tertiary alicyclic amines) is 1. The van der Waals surface area contributed by atoms with Crippen molar-refractivity contribution in [2.24, 2.45) is 0 Å². The van der Waals surface area contributed by atoms with Crippen molar-refractivity contribution < 1.29 is 19.7 Å². The Bertz CT molecular complexity index is 812. The molecule has 0 saturated carbocycles. The van der Waals surface area contributed by atoms with Gasteiger partial charge in [-0.05, 0) is 19.8 Å². The predicted octanol–water partition coefficient (Wildman–Crippen LogP) is 2.32. The lowest BCUT2D eigenvalue weighted by atomic mass is 9.75. The lowest BCUT2D eigenvalue weighted by Crippen LogP contribution is -2.64.